The Morgan fingerprint density at radius 1 is 1.35 bits per heavy atom. The van der Waals surface area contributed by atoms with Gasteiger partial charge in [-0.25, -0.2) is 4.98 Å². The molecule has 5 heteroatoms. The largest absolute Gasteiger partial charge is 0.481 e. The van der Waals surface area contributed by atoms with Gasteiger partial charge < -0.3 is 10.0 Å². The molecule has 5 nitrogen and oxygen atoms in total. The zero-order valence-electron chi connectivity index (χ0n) is 12.5. The van der Waals surface area contributed by atoms with E-state index in [9.17, 15) is 9.90 Å². The van der Waals surface area contributed by atoms with E-state index in [0.29, 0.717) is 12.8 Å². The maximum atomic E-state index is 11.6. The molecule has 1 fully saturated rings. The standard InChI is InChI=1S/C15H23N3O2/c1-4-5-15(14(19)20)6-8-18(9-7-15)13-10-16-11(2)12(3)17-13/h10H,4-9H2,1-3H3,(H,19,20). The zero-order chi connectivity index (χ0) is 14.8. The molecule has 0 bridgehead atoms. The van der Waals surface area contributed by atoms with E-state index in [1.54, 1.807) is 6.20 Å². The number of carboxylic acids is 1. The molecule has 110 valence electrons. The highest BCUT2D eigenvalue weighted by molar-refractivity contribution is 5.75. The minimum absolute atomic E-state index is 0.543. The van der Waals surface area contributed by atoms with Crippen LogP contribution in [0.1, 0.15) is 44.0 Å². The van der Waals surface area contributed by atoms with Crippen LogP contribution in [0.3, 0.4) is 0 Å². The fourth-order valence-electron chi connectivity index (χ4n) is 2.90. The molecule has 0 saturated carbocycles. The summed E-state index contributed by atoms with van der Waals surface area (Å²) < 4.78 is 0. The van der Waals surface area contributed by atoms with Crippen molar-refractivity contribution in [1.29, 1.82) is 0 Å². The Balaban J connectivity index is 2.10. The van der Waals surface area contributed by atoms with Crippen LogP contribution in [0.25, 0.3) is 0 Å². The molecule has 1 saturated heterocycles. The average Bonchev–Trinajstić information content (AvgIpc) is 2.43. The van der Waals surface area contributed by atoms with Crippen molar-refractivity contribution in [2.75, 3.05) is 18.0 Å². The monoisotopic (exact) mass is 277 g/mol. The summed E-state index contributed by atoms with van der Waals surface area (Å²) in [4.78, 5) is 22.6. The first-order chi connectivity index (χ1) is 9.48. The van der Waals surface area contributed by atoms with Crippen LogP contribution in [0.15, 0.2) is 6.20 Å². The second-order valence-corrected chi connectivity index (χ2v) is 5.72. The van der Waals surface area contributed by atoms with Crippen molar-refractivity contribution in [2.45, 2.75) is 46.5 Å². The molecule has 20 heavy (non-hydrogen) atoms. The van der Waals surface area contributed by atoms with Gasteiger partial charge in [0.05, 0.1) is 23.0 Å². The van der Waals surface area contributed by atoms with E-state index in [4.69, 9.17) is 0 Å². The lowest BCUT2D eigenvalue weighted by atomic mass is 9.75. The van der Waals surface area contributed by atoms with E-state index >= 15 is 0 Å². The van der Waals surface area contributed by atoms with Crippen LogP contribution in [-0.2, 0) is 4.79 Å². The Hall–Kier alpha value is -1.65. The zero-order valence-corrected chi connectivity index (χ0v) is 12.5. The van der Waals surface area contributed by atoms with Crippen LogP contribution < -0.4 is 4.90 Å². The lowest BCUT2D eigenvalue weighted by Crippen LogP contribution is -2.44. The topological polar surface area (TPSA) is 66.3 Å². The Bertz CT molecular complexity index is 494. The van der Waals surface area contributed by atoms with E-state index in [-0.39, 0.29) is 0 Å². The quantitative estimate of drug-likeness (QED) is 0.916. The SMILES string of the molecule is CCCC1(C(=O)O)CCN(c2cnc(C)c(C)n2)CC1. The summed E-state index contributed by atoms with van der Waals surface area (Å²) in [5, 5.41) is 9.51. The summed E-state index contributed by atoms with van der Waals surface area (Å²) in [6.45, 7) is 7.42. The van der Waals surface area contributed by atoms with Gasteiger partial charge in [-0.05, 0) is 33.1 Å². The lowest BCUT2D eigenvalue weighted by molar-refractivity contribution is -0.150. The molecule has 0 radical (unpaired) electrons. The maximum Gasteiger partial charge on any atom is 0.309 e. The normalized spacial score (nSPS) is 18.1. The van der Waals surface area contributed by atoms with Crippen molar-refractivity contribution in [3.8, 4) is 0 Å². The molecule has 0 unspecified atom stereocenters. The summed E-state index contributed by atoms with van der Waals surface area (Å²) in [7, 11) is 0. The molecular formula is C15H23N3O2. The summed E-state index contributed by atoms with van der Waals surface area (Å²) in [5.74, 6) is 0.216. The summed E-state index contributed by atoms with van der Waals surface area (Å²) in [5.41, 5.74) is 1.33. The highest BCUT2D eigenvalue weighted by atomic mass is 16.4. The molecule has 0 amide bonds. The van der Waals surface area contributed by atoms with Crippen molar-refractivity contribution in [2.24, 2.45) is 5.41 Å². The van der Waals surface area contributed by atoms with Crippen LogP contribution >= 0.6 is 0 Å². The Morgan fingerprint density at radius 3 is 2.50 bits per heavy atom. The number of anilines is 1. The van der Waals surface area contributed by atoms with Gasteiger partial charge in [-0.1, -0.05) is 13.3 Å². The van der Waals surface area contributed by atoms with Crippen molar-refractivity contribution in [1.82, 2.24) is 9.97 Å². The molecule has 2 rings (SSSR count). The summed E-state index contributed by atoms with van der Waals surface area (Å²) >= 11 is 0. The van der Waals surface area contributed by atoms with Crippen molar-refractivity contribution < 1.29 is 9.90 Å². The number of carboxylic acid groups (broad SMARTS) is 1. The fourth-order valence-corrected chi connectivity index (χ4v) is 2.90. The number of rotatable bonds is 4. The highest BCUT2D eigenvalue weighted by Gasteiger charge is 2.40. The number of aryl methyl sites for hydroxylation is 2. The number of carbonyl (C=O) groups is 1. The van der Waals surface area contributed by atoms with E-state index in [1.165, 1.54) is 0 Å². The lowest BCUT2D eigenvalue weighted by Gasteiger charge is -2.39. The molecule has 1 N–H and O–H groups in total. The molecule has 0 atom stereocenters. The average molecular weight is 277 g/mol. The van der Waals surface area contributed by atoms with Crippen LogP contribution in [0, 0.1) is 19.3 Å². The summed E-state index contributed by atoms with van der Waals surface area (Å²) in [6.07, 6.45) is 4.83. The molecule has 0 aliphatic carbocycles. The molecule has 1 aliphatic heterocycles. The van der Waals surface area contributed by atoms with E-state index in [2.05, 4.69) is 14.9 Å². The fraction of sp³-hybridized carbons (Fsp3) is 0.667. The van der Waals surface area contributed by atoms with Gasteiger partial charge in [-0.3, -0.25) is 9.78 Å². The van der Waals surface area contributed by atoms with Gasteiger partial charge in [-0.15, -0.1) is 0 Å². The first-order valence-electron chi connectivity index (χ1n) is 7.27. The predicted octanol–water partition coefficient (Wildman–Crippen LogP) is 2.56. The van der Waals surface area contributed by atoms with Gasteiger partial charge in [0.15, 0.2) is 0 Å². The molecular weight excluding hydrogens is 254 g/mol. The second-order valence-electron chi connectivity index (χ2n) is 5.72. The van der Waals surface area contributed by atoms with E-state index in [1.807, 2.05) is 20.8 Å². The van der Waals surface area contributed by atoms with Crippen molar-refractivity contribution in [3.05, 3.63) is 17.6 Å². The maximum absolute atomic E-state index is 11.6. The van der Waals surface area contributed by atoms with Crippen LogP contribution in [0.2, 0.25) is 0 Å². The number of hydrogen-bond acceptors (Lipinski definition) is 4. The predicted molar refractivity (Wildman–Crippen MR) is 77.9 cm³/mol. The minimum Gasteiger partial charge on any atom is -0.481 e. The van der Waals surface area contributed by atoms with Gasteiger partial charge in [-0.2, -0.15) is 0 Å². The van der Waals surface area contributed by atoms with Gasteiger partial charge in [0.2, 0.25) is 0 Å². The molecule has 2 heterocycles. The van der Waals surface area contributed by atoms with Crippen LogP contribution in [-0.4, -0.2) is 34.1 Å². The van der Waals surface area contributed by atoms with E-state index < -0.39 is 11.4 Å². The summed E-state index contributed by atoms with van der Waals surface area (Å²) in [6, 6.07) is 0. The third-order valence-electron chi connectivity index (χ3n) is 4.41. The third-order valence-corrected chi connectivity index (χ3v) is 4.41. The van der Waals surface area contributed by atoms with Gasteiger partial charge in [0.1, 0.15) is 5.82 Å². The number of hydrogen-bond donors (Lipinski definition) is 1. The highest BCUT2D eigenvalue weighted by Crippen LogP contribution is 2.37. The Morgan fingerprint density at radius 2 is 2.00 bits per heavy atom. The molecule has 0 spiro atoms. The Kier molecular flexibility index (Phi) is 4.26. The third kappa shape index (κ3) is 2.76. The number of nitrogens with zero attached hydrogens (tertiary/aromatic N) is 3. The minimum atomic E-state index is -0.648. The van der Waals surface area contributed by atoms with Gasteiger partial charge in [0.25, 0.3) is 0 Å². The number of aromatic nitrogens is 2. The molecule has 1 aliphatic rings. The van der Waals surface area contributed by atoms with Crippen molar-refractivity contribution in [3.63, 3.8) is 0 Å². The molecule has 0 aromatic carbocycles. The van der Waals surface area contributed by atoms with Crippen LogP contribution in [0.5, 0.6) is 0 Å². The van der Waals surface area contributed by atoms with Gasteiger partial charge >= 0.3 is 5.97 Å². The first-order valence-corrected chi connectivity index (χ1v) is 7.27. The van der Waals surface area contributed by atoms with Crippen molar-refractivity contribution >= 4 is 11.8 Å². The van der Waals surface area contributed by atoms with E-state index in [0.717, 1.165) is 43.1 Å². The number of piperidine rings is 1. The second kappa shape index (κ2) is 5.77. The number of aliphatic carboxylic acids is 1. The first kappa shape index (κ1) is 14.8. The van der Waals surface area contributed by atoms with Crippen LogP contribution in [0.4, 0.5) is 5.82 Å². The van der Waals surface area contributed by atoms with Gasteiger partial charge in [0, 0.05) is 13.1 Å². The Labute approximate surface area is 120 Å². The molecule has 1 aromatic heterocycles. The molecule has 1 aromatic rings. The smallest absolute Gasteiger partial charge is 0.309 e.